The van der Waals surface area contributed by atoms with Gasteiger partial charge in [-0.2, -0.15) is 0 Å². The lowest BCUT2D eigenvalue weighted by Gasteiger charge is -2.02. The third-order valence-electron chi connectivity index (χ3n) is 1.73. The number of ether oxygens (including phenoxy) is 3. The Labute approximate surface area is 145 Å². The smallest absolute Gasteiger partial charge is 0.341 e. The summed E-state index contributed by atoms with van der Waals surface area (Å²) in [5.74, 6) is -7.33. The molecule has 0 aromatic heterocycles. The average Bonchev–Trinajstić information content (AvgIpc) is 2.49. The highest BCUT2D eigenvalue weighted by Gasteiger charge is 2.13. The molecule has 13 nitrogen and oxygen atoms in total. The van der Waals surface area contributed by atoms with Crippen molar-refractivity contribution in [3.8, 4) is 0 Å². The summed E-state index contributed by atoms with van der Waals surface area (Å²) in [6.45, 7) is -0.800. The highest BCUT2D eigenvalue weighted by atomic mass is 16.6. The molecule has 146 valence electrons. The molecule has 0 rings (SSSR count). The summed E-state index contributed by atoms with van der Waals surface area (Å²) in [5, 5.41) is 24.1. The van der Waals surface area contributed by atoms with E-state index in [-0.39, 0.29) is 5.78 Å². The number of carboxylic acid groups (broad SMARTS) is 3. The second kappa shape index (κ2) is 13.9. The summed E-state index contributed by atoms with van der Waals surface area (Å²) in [5.41, 5.74) is 0. The van der Waals surface area contributed by atoms with Gasteiger partial charge in [-0.3, -0.25) is 24.0 Å². The number of aliphatic carboxylic acids is 3. The maximum Gasteiger partial charge on any atom is 0.341 e. The van der Waals surface area contributed by atoms with Crippen LogP contribution >= 0.6 is 0 Å². The van der Waals surface area contributed by atoms with E-state index in [1.165, 1.54) is 6.92 Å². The van der Waals surface area contributed by atoms with Crippen molar-refractivity contribution >= 4 is 41.6 Å². The van der Waals surface area contributed by atoms with E-state index in [0.29, 0.717) is 0 Å². The van der Waals surface area contributed by atoms with Crippen LogP contribution in [0.3, 0.4) is 0 Å². The number of hydrogen-bond donors (Lipinski definition) is 3. The molecule has 0 aliphatic rings. The van der Waals surface area contributed by atoms with Crippen molar-refractivity contribution in [1.29, 1.82) is 0 Å². The molecular formula is C13H16O13. The third kappa shape index (κ3) is 20.5. The fraction of sp³-hybridized carbons (Fsp3) is 0.462. The zero-order valence-electron chi connectivity index (χ0n) is 13.5. The van der Waals surface area contributed by atoms with E-state index in [9.17, 15) is 33.6 Å². The number of hydrogen-bond acceptors (Lipinski definition) is 10. The number of carboxylic acids is 3. The monoisotopic (exact) mass is 380 g/mol. The van der Waals surface area contributed by atoms with Gasteiger partial charge in [0, 0.05) is 0 Å². The molecule has 26 heavy (non-hydrogen) atoms. The Morgan fingerprint density at radius 2 is 0.923 bits per heavy atom. The Hall–Kier alpha value is -3.51. The zero-order valence-corrected chi connectivity index (χ0v) is 13.5. The van der Waals surface area contributed by atoms with E-state index in [2.05, 4.69) is 14.2 Å². The first kappa shape index (κ1) is 24.7. The first-order valence-corrected chi connectivity index (χ1v) is 6.55. The Balaban J connectivity index is 0. The van der Waals surface area contributed by atoms with Crippen LogP contribution in [-0.2, 0) is 47.8 Å². The molecule has 13 heteroatoms. The van der Waals surface area contributed by atoms with E-state index in [0.717, 1.165) is 0 Å². The Morgan fingerprint density at radius 1 is 0.577 bits per heavy atom. The molecule has 0 radical (unpaired) electrons. The van der Waals surface area contributed by atoms with Gasteiger partial charge < -0.3 is 29.5 Å². The van der Waals surface area contributed by atoms with Crippen LogP contribution in [0.15, 0.2) is 0 Å². The molecule has 0 aliphatic heterocycles. The number of Topliss-reactive ketones (excluding diaryl/α,β-unsaturated/α-hetero) is 1. The standard InChI is InChI=1S/C8H10O7.C5H6O6/c1-5(9)3-14-7(12)2-8(13)15-4-6(10)11;6-3(7)1-5(10)11-2-4(8)9/h2-4H2,1H3,(H,10,11);1-2H2,(H,6,7)(H,8,9). The van der Waals surface area contributed by atoms with Gasteiger partial charge in [-0.05, 0) is 6.92 Å². The van der Waals surface area contributed by atoms with Crippen LogP contribution < -0.4 is 0 Å². The van der Waals surface area contributed by atoms with Crippen LogP contribution in [0, 0.1) is 0 Å². The first-order valence-electron chi connectivity index (χ1n) is 6.55. The first-order chi connectivity index (χ1) is 11.9. The molecular weight excluding hydrogens is 364 g/mol. The van der Waals surface area contributed by atoms with Gasteiger partial charge in [0.1, 0.15) is 19.4 Å². The lowest BCUT2D eigenvalue weighted by molar-refractivity contribution is -0.161. The van der Waals surface area contributed by atoms with Crippen molar-refractivity contribution in [2.45, 2.75) is 19.8 Å². The Kier molecular flexibility index (Phi) is 13.2. The van der Waals surface area contributed by atoms with Gasteiger partial charge in [0.15, 0.2) is 19.0 Å². The van der Waals surface area contributed by atoms with Crippen molar-refractivity contribution < 1.29 is 63.1 Å². The van der Waals surface area contributed by atoms with Crippen LogP contribution in [0.2, 0.25) is 0 Å². The maximum absolute atomic E-state index is 10.8. The highest BCUT2D eigenvalue weighted by Crippen LogP contribution is 1.91. The molecule has 0 unspecified atom stereocenters. The second-order valence-electron chi connectivity index (χ2n) is 4.22. The molecule has 0 atom stereocenters. The number of ketones is 1. The Bertz CT molecular complexity index is 534. The Morgan fingerprint density at radius 3 is 1.23 bits per heavy atom. The minimum absolute atomic E-state index is 0.359. The van der Waals surface area contributed by atoms with Crippen LogP contribution in [0.25, 0.3) is 0 Å². The van der Waals surface area contributed by atoms with Gasteiger partial charge in [0.05, 0.1) is 0 Å². The topological polar surface area (TPSA) is 208 Å². The molecule has 0 aromatic carbocycles. The average molecular weight is 380 g/mol. The van der Waals surface area contributed by atoms with Gasteiger partial charge in [0.2, 0.25) is 0 Å². The van der Waals surface area contributed by atoms with Gasteiger partial charge >= 0.3 is 35.8 Å². The van der Waals surface area contributed by atoms with Crippen molar-refractivity contribution in [2.75, 3.05) is 19.8 Å². The molecule has 0 saturated carbocycles. The number of rotatable bonds is 10. The van der Waals surface area contributed by atoms with E-state index < -0.39 is 68.5 Å². The number of carbonyl (C=O) groups is 7. The minimum Gasteiger partial charge on any atom is -0.481 e. The molecule has 0 spiro atoms. The second-order valence-corrected chi connectivity index (χ2v) is 4.22. The van der Waals surface area contributed by atoms with Gasteiger partial charge in [-0.25, -0.2) is 9.59 Å². The molecule has 0 aliphatic carbocycles. The van der Waals surface area contributed by atoms with E-state index in [4.69, 9.17) is 15.3 Å². The summed E-state index contributed by atoms with van der Waals surface area (Å²) < 4.78 is 12.5. The minimum atomic E-state index is -1.35. The number of carbonyl (C=O) groups excluding carboxylic acids is 4. The summed E-state index contributed by atoms with van der Waals surface area (Å²) in [6, 6.07) is 0. The summed E-state index contributed by atoms with van der Waals surface area (Å²) in [7, 11) is 0. The van der Waals surface area contributed by atoms with Gasteiger partial charge in [0.25, 0.3) is 0 Å². The maximum atomic E-state index is 10.8. The van der Waals surface area contributed by atoms with Crippen LogP contribution in [0.4, 0.5) is 0 Å². The van der Waals surface area contributed by atoms with E-state index in [1.54, 1.807) is 0 Å². The fourth-order valence-electron chi connectivity index (χ4n) is 0.861. The van der Waals surface area contributed by atoms with Crippen molar-refractivity contribution in [1.82, 2.24) is 0 Å². The van der Waals surface area contributed by atoms with E-state index in [1.807, 2.05) is 0 Å². The molecule has 3 N–H and O–H groups in total. The van der Waals surface area contributed by atoms with Gasteiger partial charge in [-0.15, -0.1) is 0 Å². The molecule has 0 bridgehead atoms. The molecule has 0 heterocycles. The molecule has 0 fully saturated rings. The lowest BCUT2D eigenvalue weighted by Crippen LogP contribution is -2.19. The van der Waals surface area contributed by atoms with Crippen LogP contribution in [0.1, 0.15) is 19.8 Å². The normalized spacial score (nSPS) is 8.96. The van der Waals surface area contributed by atoms with Crippen molar-refractivity contribution in [3.63, 3.8) is 0 Å². The fourth-order valence-corrected chi connectivity index (χ4v) is 0.861. The summed E-state index contributed by atoms with van der Waals surface area (Å²) >= 11 is 0. The lowest BCUT2D eigenvalue weighted by atomic mass is 10.4. The summed E-state index contributed by atoms with van der Waals surface area (Å²) in [6.07, 6.45) is -1.52. The molecule has 0 aromatic rings. The summed E-state index contributed by atoms with van der Waals surface area (Å²) in [4.78, 5) is 71.7. The third-order valence-corrected chi connectivity index (χ3v) is 1.73. The predicted octanol–water partition coefficient (Wildman–Crippen LogP) is -1.77. The highest BCUT2D eigenvalue weighted by molar-refractivity contribution is 5.93. The largest absolute Gasteiger partial charge is 0.481 e. The van der Waals surface area contributed by atoms with Crippen LogP contribution in [-0.4, -0.2) is 76.7 Å². The molecule has 0 amide bonds. The number of esters is 3. The predicted molar refractivity (Wildman–Crippen MR) is 75.7 cm³/mol. The molecule has 0 saturated heterocycles. The van der Waals surface area contributed by atoms with Gasteiger partial charge in [-0.1, -0.05) is 0 Å². The van der Waals surface area contributed by atoms with Crippen molar-refractivity contribution in [3.05, 3.63) is 0 Å². The van der Waals surface area contributed by atoms with Crippen molar-refractivity contribution in [2.24, 2.45) is 0 Å². The zero-order chi connectivity index (χ0) is 20.7. The quantitative estimate of drug-likeness (QED) is 0.218. The van der Waals surface area contributed by atoms with Crippen LogP contribution in [0.5, 0.6) is 0 Å². The van der Waals surface area contributed by atoms with E-state index >= 15 is 0 Å². The SMILES string of the molecule is CC(=O)COC(=O)CC(=O)OCC(=O)O.O=C(O)COC(=O)CC(=O)O.